The SMILES string of the molecule is CC(C)On1cc(-c2ccc(OC3CCN(C4CCCC4)CC3)cc2)ccc1=O. The third kappa shape index (κ3) is 5.02. The van der Waals surface area contributed by atoms with Gasteiger partial charge in [-0.15, -0.1) is 0 Å². The number of pyridine rings is 1. The maximum atomic E-state index is 11.9. The molecule has 1 saturated heterocycles. The number of piperidine rings is 1. The Morgan fingerprint density at radius 2 is 1.55 bits per heavy atom. The van der Waals surface area contributed by atoms with E-state index in [1.165, 1.54) is 30.4 Å². The van der Waals surface area contributed by atoms with E-state index in [1.807, 2.05) is 44.2 Å². The highest BCUT2D eigenvalue weighted by Gasteiger charge is 2.27. The van der Waals surface area contributed by atoms with Gasteiger partial charge in [-0.2, -0.15) is 4.73 Å². The molecule has 5 heteroatoms. The van der Waals surface area contributed by atoms with Crippen molar-refractivity contribution in [3.63, 3.8) is 0 Å². The van der Waals surface area contributed by atoms with Crippen molar-refractivity contribution in [3.05, 3.63) is 52.9 Å². The maximum absolute atomic E-state index is 11.9. The molecule has 1 aromatic carbocycles. The molecule has 2 heterocycles. The average molecular weight is 397 g/mol. The fraction of sp³-hybridized carbons (Fsp3) is 0.542. The van der Waals surface area contributed by atoms with Gasteiger partial charge in [0.2, 0.25) is 0 Å². The number of rotatable bonds is 6. The molecular weight excluding hydrogens is 364 g/mol. The van der Waals surface area contributed by atoms with E-state index >= 15 is 0 Å². The molecule has 0 radical (unpaired) electrons. The lowest BCUT2D eigenvalue weighted by molar-refractivity contribution is 0.0530. The summed E-state index contributed by atoms with van der Waals surface area (Å²) in [6, 6.07) is 12.3. The van der Waals surface area contributed by atoms with Crippen molar-refractivity contribution in [3.8, 4) is 16.9 Å². The number of hydrogen-bond donors (Lipinski definition) is 0. The molecule has 2 aliphatic rings. The Bertz CT molecular complexity index is 845. The molecule has 2 aromatic rings. The van der Waals surface area contributed by atoms with E-state index in [0.29, 0.717) is 6.10 Å². The van der Waals surface area contributed by atoms with Crippen LogP contribution in [0.3, 0.4) is 0 Å². The van der Waals surface area contributed by atoms with E-state index in [1.54, 1.807) is 12.3 Å². The Hall–Kier alpha value is -2.27. The lowest BCUT2D eigenvalue weighted by atomic mass is 10.0. The quantitative estimate of drug-likeness (QED) is 0.736. The van der Waals surface area contributed by atoms with Crippen LogP contribution in [0.25, 0.3) is 11.1 Å². The standard InChI is InChI=1S/C24H32N2O3/c1-18(2)29-26-17-20(9-12-24(26)27)19-7-10-22(11-8-19)28-23-13-15-25(16-14-23)21-5-3-4-6-21/h7-12,17-18,21,23H,3-6,13-16H2,1-2H3. The Morgan fingerprint density at radius 1 is 0.897 bits per heavy atom. The molecule has 0 atom stereocenters. The minimum Gasteiger partial charge on any atom is -0.490 e. The summed E-state index contributed by atoms with van der Waals surface area (Å²) in [6.07, 6.45) is 9.76. The average Bonchev–Trinajstić information content (AvgIpc) is 3.25. The van der Waals surface area contributed by atoms with Crippen molar-refractivity contribution >= 4 is 0 Å². The summed E-state index contributed by atoms with van der Waals surface area (Å²) in [5.41, 5.74) is 1.82. The van der Waals surface area contributed by atoms with Crippen LogP contribution >= 0.6 is 0 Å². The summed E-state index contributed by atoms with van der Waals surface area (Å²) in [5, 5.41) is 0. The molecule has 1 aromatic heterocycles. The molecular formula is C24H32N2O3. The van der Waals surface area contributed by atoms with Crippen molar-refractivity contribution < 1.29 is 9.57 Å². The molecule has 1 aliphatic heterocycles. The van der Waals surface area contributed by atoms with Crippen LogP contribution in [0.4, 0.5) is 0 Å². The van der Waals surface area contributed by atoms with Gasteiger partial charge in [-0.3, -0.25) is 4.79 Å². The summed E-state index contributed by atoms with van der Waals surface area (Å²) in [5.74, 6) is 0.916. The van der Waals surface area contributed by atoms with Gasteiger partial charge in [-0.25, -0.2) is 0 Å². The van der Waals surface area contributed by atoms with Crippen LogP contribution in [0.15, 0.2) is 47.4 Å². The Morgan fingerprint density at radius 3 is 2.21 bits per heavy atom. The van der Waals surface area contributed by atoms with Gasteiger partial charge in [-0.1, -0.05) is 25.0 Å². The van der Waals surface area contributed by atoms with Gasteiger partial charge in [0.05, 0.1) is 6.20 Å². The zero-order valence-corrected chi connectivity index (χ0v) is 17.5. The smallest absolute Gasteiger partial charge is 0.283 e. The van der Waals surface area contributed by atoms with Gasteiger partial charge in [0.25, 0.3) is 5.56 Å². The first kappa shape index (κ1) is 20.0. The largest absolute Gasteiger partial charge is 0.490 e. The minimum absolute atomic E-state index is 0.0567. The molecule has 5 nitrogen and oxygen atoms in total. The fourth-order valence-electron chi connectivity index (χ4n) is 4.49. The normalized spacial score (nSPS) is 19.0. The first-order valence-electron chi connectivity index (χ1n) is 11.0. The lowest BCUT2D eigenvalue weighted by Crippen LogP contribution is -2.43. The summed E-state index contributed by atoms with van der Waals surface area (Å²) in [4.78, 5) is 20.2. The highest BCUT2D eigenvalue weighted by atomic mass is 16.7. The van der Waals surface area contributed by atoms with Gasteiger partial charge in [-0.05, 0) is 63.3 Å². The third-order valence-corrected chi connectivity index (χ3v) is 6.01. The number of likely N-dealkylation sites (tertiary alicyclic amines) is 1. The van der Waals surface area contributed by atoms with Crippen LogP contribution in [-0.4, -0.2) is 41.0 Å². The second kappa shape index (κ2) is 9.04. The lowest BCUT2D eigenvalue weighted by Gasteiger charge is -2.36. The maximum Gasteiger partial charge on any atom is 0.283 e. The first-order valence-corrected chi connectivity index (χ1v) is 11.0. The minimum atomic E-state index is -0.161. The van der Waals surface area contributed by atoms with Crippen molar-refractivity contribution in [2.24, 2.45) is 0 Å². The van der Waals surface area contributed by atoms with Crippen molar-refractivity contribution in [2.75, 3.05) is 13.1 Å². The molecule has 2 fully saturated rings. The van der Waals surface area contributed by atoms with E-state index in [0.717, 1.165) is 48.8 Å². The van der Waals surface area contributed by atoms with E-state index < -0.39 is 0 Å². The van der Waals surface area contributed by atoms with Gasteiger partial charge in [0.1, 0.15) is 18.0 Å². The van der Waals surface area contributed by atoms with Crippen molar-refractivity contribution in [1.82, 2.24) is 9.63 Å². The van der Waals surface area contributed by atoms with Crippen molar-refractivity contribution in [1.29, 1.82) is 0 Å². The Kier molecular flexibility index (Phi) is 6.24. The zero-order valence-electron chi connectivity index (χ0n) is 17.5. The summed E-state index contributed by atoms with van der Waals surface area (Å²) in [7, 11) is 0. The monoisotopic (exact) mass is 396 g/mol. The Balaban J connectivity index is 1.35. The molecule has 1 saturated carbocycles. The second-order valence-corrected chi connectivity index (χ2v) is 8.55. The highest BCUT2D eigenvalue weighted by Crippen LogP contribution is 2.28. The van der Waals surface area contributed by atoms with Crippen molar-refractivity contribution in [2.45, 2.75) is 70.6 Å². The topological polar surface area (TPSA) is 43.7 Å². The number of benzene rings is 1. The second-order valence-electron chi connectivity index (χ2n) is 8.55. The predicted octanol–water partition coefficient (Wildman–Crippen LogP) is 4.14. The van der Waals surface area contributed by atoms with Crippen LogP contribution in [0.1, 0.15) is 52.4 Å². The summed E-state index contributed by atoms with van der Waals surface area (Å²) < 4.78 is 7.55. The molecule has 0 spiro atoms. The van der Waals surface area contributed by atoms with Gasteiger partial charge in [0, 0.05) is 30.8 Å². The van der Waals surface area contributed by atoms with E-state index in [9.17, 15) is 4.79 Å². The van der Waals surface area contributed by atoms with E-state index in [-0.39, 0.29) is 11.7 Å². The van der Waals surface area contributed by atoms with Crippen LogP contribution in [0, 0.1) is 0 Å². The number of nitrogens with zero attached hydrogens (tertiary/aromatic N) is 2. The highest BCUT2D eigenvalue weighted by molar-refractivity contribution is 5.63. The Labute approximate surface area is 173 Å². The molecule has 1 aliphatic carbocycles. The zero-order chi connectivity index (χ0) is 20.2. The number of hydrogen-bond acceptors (Lipinski definition) is 4. The molecule has 156 valence electrons. The molecule has 29 heavy (non-hydrogen) atoms. The van der Waals surface area contributed by atoms with E-state index in [4.69, 9.17) is 9.57 Å². The fourth-order valence-corrected chi connectivity index (χ4v) is 4.49. The van der Waals surface area contributed by atoms with Gasteiger partial charge >= 0.3 is 0 Å². The predicted molar refractivity (Wildman–Crippen MR) is 115 cm³/mol. The van der Waals surface area contributed by atoms with Crippen LogP contribution in [-0.2, 0) is 0 Å². The third-order valence-electron chi connectivity index (χ3n) is 6.01. The first-order chi connectivity index (χ1) is 14.1. The molecule has 4 rings (SSSR count). The molecule has 0 amide bonds. The van der Waals surface area contributed by atoms with Gasteiger partial charge in [0.15, 0.2) is 0 Å². The molecule has 0 N–H and O–H groups in total. The number of ether oxygens (including phenoxy) is 1. The van der Waals surface area contributed by atoms with Crippen LogP contribution < -0.4 is 15.1 Å². The van der Waals surface area contributed by atoms with Gasteiger partial charge < -0.3 is 14.5 Å². The van der Waals surface area contributed by atoms with Crippen LogP contribution in [0.2, 0.25) is 0 Å². The van der Waals surface area contributed by atoms with Crippen LogP contribution in [0.5, 0.6) is 5.75 Å². The summed E-state index contributed by atoms with van der Waals surface area (Å²) in [6.45, 7) is 6.13. The van der Waals surface area contributed by atoms with E-state index in [2.05, 4.69) is 4.90 Å². The molecule has 0 unspecified atom stereocenters. The summed E-state index contributed by atoms with van der Waals surface area (Å²) >= 11 is 0. The number of aromatic nitrogens is 1. The molecule has 0 bridgehead atoms.